The van der Waals surface area contributed by atoms with Gasteiger partial charge in [0.15, 0.2) is 0 Å². The van der Waals surface area contributed by atoms with Gasteiger partial charge in [-0.3, -0.25) is 0 Å². The van der Waals surface area contributed by atoms with Gasteiger partial charge in [-0.2, -0.15) is 0 Å². The maximum Gasteiger partial charge on any atom is 0.331 e. The van der Waals surface area contributed by atoms with Crippen LogP contribution in [0.1, 0.15) is 114 Å². The number of carbonyl (C=O) groups excluding carboxylic acids is 2. The third kappa shape index (κ3) is 4.83. The molecule has 10 aliphatic carbocycles. The quantitative estimate of drug-likeness (QED) is 0.112. The lowest BCUT2D eigenvalue weighted by molar-refractivity contribution is -0.343. The molecule has 1 aromatic rings. The normalized spacial score (nSPS) is 51.3. The number of hydrogen-bond donors (Lipinski definition) is 5. The van der Waals surface area contributed by atoms with Gasteiger partial charge in [-0.05, 0) is 143 Å². The van der Waals surface area contributed by atoms with Crippen LogP contribution in [0.15, 0.2) is 48.1 Å². The predicted octanol–water partition coefficient (Wildman–Crippen LogP) is 5.83. The van der Waals surface area contributed by atoms with Crippen LogP contribution in [0.4, 0.5) is 0 Å². The Hall–Kier alpha value is -2.80. The molecule has 0 aromatic heterocycles. The summed E-state index contributed by atoms with van der Waals surface area (Å²) in [5.74, 6) is 6.44. The van der Waals surface area contributed by atoms with Crippen molar-refractivity contribution in [2.75, 3.05) is 7.05 Å². The highest BCUT2D eigenvalue weighted by molar-refractivity contribution is 5.86. The molecule has 58 heavy (non-hydrogen) atoms. The Morgan fingerprint density at radius 1 is 0.931 bits per heavy atom. The minimum atomic E-state index is -1.67. The van der Waals surface area contributed by atoms with Gasteiger partial charge in [-0.15, -0.1) is 0 Å². The van der Waals surface area contributed by atoms with Gasteiger partial charge in [0.1, 0.15) is 18.0 Å². The van der Waals surface area contributed by atoms with Crippen molar-refractivity contribution in [2.45, 2.75) is 144 Å². The van der Waals surface area contributed by atoms with Gasteiger partial charge in [0.2, 0.25) is 0 Å². The number of allylic oxidation sites excluding steroid dienone is 2. The number of aldehydes is 1. The van der Waals surface area contributed by atoms with Gasteiger partial charge in [0.05, 0.1) is 22.7 Å². The van der Waals surface area contributed by atoms with Crippen LogP contribution in [-0.4, -0.2) is 74.8 Å². The van der Waals surface area contributed by atoms with Gasteiger partial charge in [0.25, 0.3) is 0 Å². The smallest absolute Gasteiger partial charge is 0.331 e. The highest BCUT2D eigenvalue weighted by Crippen LogP contribution is 2.77. The lowest BCUT2D eigenvalue weighted by Gasteiger charge is -2.72. The number of carbonyl (C=O) groups is 2. The molecule has 8 nitrogen and oxygen atoms in total. The van der Waals surface area contributed by atoms with Crippen molar-refractivity contribution in [2.24, 2.45) is 70.0 Å². The minimum absolute atomic E-state index is 0.0158. The molecule has 1 spiro atoms. The molecule has 4 bridgehead atoms. The zero-order chi connectivity index (χ0) is 39.8. The molecule has 11 aliphatic rings. The van der Waals surface area contributed by atoms with Crippen LogP contribution in [0.3, 0.4) is 0 Å². The fourth-order valence-corrected chi connectivity index (χ4v) is 17.6. The topological polar surface area (TPSA) is 136 Å². The Balaban J connectivity index is 1.07. The lowest BCUT2D eigenvalue weighted by atomic mass is 9.35. The number of ether oxygens (including phenoxy) is 1. The monoisotopic (exact) mass is 789 g/mol. The molecule has 17 atom stereocenters. The van der Waals surface area contributed by atoms with E-state index < -0.39 is 57.6 Å². The Morgan fingerprint density at radius 2 is 1.76 bits per heavy atom. The van der Waals surface area contributed by atoms with Crippen molar-refractivity contribution < 1.29 is 34.8 Å². The number of likely N-dealkylation sites (N-methyl/N-ethyl adjacent to an activating group) is 1. The molecular formula is C50H63NO7. The Morgan fingerprint density at radius 3 is 2.57 bits per heavy atom. The third-order valence-corrected chi connectivity index (χ3v) is 19.7. The van der Waals surface area contributed by atoms with Crippen molar-refractivity contribution in [1.82, 2.24) is 5.32 Å². The van der Waals surface area contributed by atoms with Crippen LogP contribution in [0.25, 0.3) is 0 Å². The number of aliphatic hydroxyl groups excluding tert-OH is 1. The third-order valence-electron chi connectivity index (χ3n) is 19.7. The summed E-state index contributed by atoms with van der Waals surface area (Å²) in [6.45, 7) is 0. The summed E-state index contributed by atoms with van der Waals surface area (Å²) in [4.78, 5) is 27.6. The maximum absolute atomic E-state index is 14.2. The fraction of sp³-hybridized carbons (Fsp3) is 0.720. The van der Waals surface area contributed by atoms with E-state index in [0.29, 0.717) is 69.6 Å². The van der Waals surface area contributed by atoms with E-state index in [1.807, 2.05) is 13.1 Å². The molecule has 8 heteroatoms. The summed E-state index contributed by atoms with van der Waals surface area (Å²) < 4.78 is 6.26. The summed E-state index contributed by atoms with van der Waals surface area (Å²) in [5, 5.41) is 57.5. The summed E-state index contributed by atoms with van der Waals surface area (Å²) in [7, 11) is 1.98. The molecule has 12 rings (SSSR count). The number of rotatable bonds is 3. The summed E-state index contributed by atoms with van der Waals surface area (Å²) in [5.41, 5.74) is -3.76. The lowest BCUT2D eigenvalue weighted by Crippen LogP contribution is -2.80. The Kier molecular flexibility index (Phi) is 8.78. The molecule has 17 unspecified atom stereocenters. The van der Waals surface area contributed by atoms with E-state index in [1.54, 1.807) is 6.08 Å². The molecule has 310 valence electrons. The summed E-state index contributed by atoms with van der Waals surface area (Å²) in [6, 6.07) is 8.30. The average Bonchev–Trinajstić information content (AvgIpc) is 3.93. The zero-order valence-corrected chi connectivity index (χ0v) is 34.2. The molecule has 5 N–H and O–H groups in total. The molecule has 0 saturated heterocycles. The SMILES string of the molecule is CNC1Cc2ccccc2C#CCCC23CCC4C(O)(CC5CC6C(C=CCC6C6CCCC6)CC6C(O)CCC4(C=O)C56O)C2(O)CC2CC1C1OC(=O)C=C1C23. The second-order valence-electron chi connectivity index (χ2n) is 21.2. The number of esters is 1. The molecule has 1 aliphatic heterocycles. The molecule has 7 fully saturated rings. The molecule has 0 radical (unpaired) electrons. The van der Waals surface area contributed by atoms with E-state index in [2.05, 4.69) is 47.5 Å². The van der Waals surface area contributed by atoms with Crippen LogP contribution < -0.4 is 5.32 Å². The van der Waals surface area contributed by atoms with Crippen molar-refractivity contribution in [3.63, 3.8) is 0 Å². The van der Waals surface area contributed by atoms with Crippen LogP contribution in [-0.2, 0) is 20.7 Å². The zero-order valence-electron chi connectivity index (χ0n) is 34.2. The summed E-state index contributed by atoms with van der Waals surface area (Å²) >= 11 is 0. The van der Waals surface area contributed by atoms with Gasteiger partial charge >= 0.3 is 5.97 Å². The van der Waals surface area contributed by atoms with Gasteiger partial charge in [-0.1, -0.05) is 67.9 Å². The fourth-order valence-electron chi connectivity index (χ4n) is 17.6. The number of aliphatic hydroxyl groups is 4. The number of nitrogens with one attached hydrogen (secondary N) is 1. The van der Waals surface area contributed by atoms with Crippen LogP contribution in [0, 0.1) is 81.8 Å². The number of fused-ring (bicyclic) bond motifs is 7. The van der Waals surface area contributed by atoms with Crippen molar-refractivity contribution in [1.29, 1.82) is 0 Å². The number of benzene rings is 1. The van der Waals surface area contributed by atoms with E-state index in [1.165, 1.54) is 31.2 Å². The first-order valence-corrected chi connectivity index (χ1v) is 23.2. The Bertz CT molecular complexity index is 1990. The first-order chi connectivity index (χ1) is 28.0. The van der Waals surface area contributed by atoms with E-state index in [9.17, 15) is 30.0 Å². The van der Waals surface area contributed by atoms with Gasteiger partial charge in [0, 0.05) is 47.3 Å². The summed E-state index contributed by atoms with van der Waals surface area (Å²) in [6.07, 6.45) is 18.4. The minimum Gasteiger partial charge on any atom is -0.454 e. The predicted molar refractivity (Wildman–Crippen MR) is 218 cm³/mol. The largest absolute Gasteiger partial charge is 0.454 e. The molecular weight excluding hydrogens is 727 g/mol. The highest BCUT2D eigenvalue weighted by Gasteiger charge is 2.83. The average molecular weight is 790 g/mol. The first-order valence-electron chi connectivity index (χ1n) is 23.2. The van der Waals surface area contributed by atoms with E-state index in [4.69, 9.17) is 4.74 Å². The van der Waals surface area contributed by atoms with E-state index >= 15 is 0 Å². The van der Waals surface area contributed by atoms with E-state index in [-0.39, 0.29) is 48.0 Å². The molecule has 1 aromatic carbocycles. The van der Waals surface area contributed by atoms with Crippen molar-refractivity contribution in [3.05, 3.63) is 59.2 Å². The maximum atomic E-state index is 14.2. The number of hydrogen-bond acceptors (Lipinski definition) is 8. The molecule has 7 saturated carbocycles. The van der Waals surface area contributed by atoms with Crippen LogP contribution >= 0.6 is 0 Å². The van der Waals surface area contributed by atoms with Crippen molar-refractivity contribution >= 4 is 12.3 Å². The second kappa shape index (κ2) is 13.3. The van der Waals surface area contributed by atoms with Crippen LogP contribution in [0.2, 0.25) is 0 Å². The second-order valence-corrected chi connectivity index (χ2v) is 21.2. The van der Waals surface area contributed by atoms with Crippen molar-refractivity contribution in [3.8, 4) is 11.8 Å². The van der Waals surface area contributed by atoms with E-state index in [0.717, 1.165) is 36.7 Å². The van der Waals surface area contributed by atoms with Crippen LogP contribution in [0.5, 0.6) is 0 Å². The molecule has 0 amide bonds. The molecule has 1 heterocycles. The highest BCUT2D eigenvalue weighted by atomic mass is 16.5. The first kappa shape index (κ1) is 38.1. The van der Waals surface area contributed by atoms with Gasteiger partial charge in [-0.25, -0.2) is 4.79 Å². The Labute approximate surface area is 343 Å². The van der Waals surface area contributed by atoms with Gasteiger partial charge < -0.3 is 35.3 Å². The standard InChI is InChI=1S/C50H63NO7/c1-51-40-23-31-13-5-2-9-29(31)10-6-7-18-46-20-17-42-47(28-52)19-16-41(53)39-22-32-14-8-15-35(30-11-3-4-12-30)36(32)24-34(50(39,47)57)27-48(42,55)49(46,56)26-33-21-37(40)45-38(44(33)46)25-43(54)58-45/h2,5,8-9,13-14,25,28,30,32-37,39-42,44-45,51,53,55-57H,3-4,7,11-12,15-24,26-27H2,1H3.